The number of hydrogen-bond donors (Lipinski definition) is 3. The van der Waals surface area contributed by atoms with Crippen LogP contribution in [0.1, 0.15) is 37.7 Å². The van der Waals surface area contributed by atoms with Gasteiger partial charge in [-0.25, -0.2) is 4.79 Å². The van der Waals surface area contributed by atoms with Gasteiger partial charge in [0.2, 0.25) is 0 Å². The molecule has 0 bridgehead atoms. The van der Waals surface area contributed by atoms with Gasteiger partial charge in [-0.15, -0.1) is 0 Å². The van der Waals surface area contributed by atoms with Crippen molar-refractivity contribution in [1.29, 1.82) is 0 Å². The summed E-state index contributed by atoms with van der Waals surface area (Å²) in [7, 11) is 0. The topological polar surface area (TPSA) is 87.7 Å². The Bertz CT molecular complexity index is 613. The molecule has 0 radical (unpaired) electrons. The zero-order valence-corrected chi connectivity index (χ0v) is 15.1. The summed E-state index contributed by atoms with van der Waals surface area (Å²) in [5.74, 6) is -0.298. The highest BCUT2D eigenvalue weighted by atomic mass is 16.5. The second-order valence-corrected chi connectivity index (χ2v) is 7.55. The Morgan fingerprint density at radius 2 is 1.96 bits per heavy atom. The Balaban J connectivity index is 1.46. The molecule has 6 heteroatoms. The summed E-state index contributed by atoms with van der Waals surface area (Å²) in [4.78, 5) is 23.2. The molecule has 3 rings (SSSR count). The van der Waals surface area contributed by atoms with Crippen LogP contribution in [0.2, 0.25) is 0 Å². The number of aliphatic carboxylic acids is 1. The van der Waals surface area contributed by atoms with Gasteiger partial charge in [-0.05, 0) is 49.0 Å². The summed E-state index contributed by atoms with van der Waals surface area (Å²) >= 11 is 0. The largest absolute Gasteiger partial charge is 0.481 e. The Kier molecular flexibility index (Phi) is 6.14. The van der Waals surface area contributed by atoms with Crippen LogP contribution in [0.5, 0.6) is 0 Å². The third-order valence-electron chi connectivity index (χ3n) is 5.72. The lowest BCUT2D eigenvalue weighted by atomic mass is 9.94. The molecule has 1 aromatic carbocycles. The molecule has 1 heterocycles. The first kappa shape index (κ1) is 18.7. The number of nitrogens with one attached hydrogen (secondary N) is 2. The van der Waals surface area contributed by atoms with Crippen molar-refractivity contribution in [2.75, 3.05) is 19.8 Å². The molecule has 2 fully saturated rings. The molecule has 1 saturated heterocycles. The predicted octanol–water partition coefficient (Wildman–Crippen LogP) is 2.58. The van der Waals surface area contributed by atoms with Crippen molar-refractivity contribution < 1.29 is 19.4 Å². The quantitative estimate of drug-likeness (QED) is 0.665. The molecular weight excluding hydrogens is 332 g/mol. The van der Waals surface area contributed by atoms with Crippen LogP contribution >= 0.6 is 0 Å². The molecule has 142 valence electrons. The fourth-order valence-electron chi connectivity index (χ4n) is 3.98. The summed E-state index contributed by atoms with van der Waals surface area (Å²) in [6, 6.07) is 9.43. The number of carbonyl (C=O) groups is 2. The van der Waals surface area contributed by atoms with Gasteiger partial charge in [0.05, 0.1) is 0 Å². The lowest BCUT2D eigenvalue weighted by molar-refractivity contribution is -0.137. The molecule has 3 N–H and O–H groups in total. The summed E-state index contributed by atoms with van der Waals surface area (Å²) in [5, 5.41) is 14.9. The van der Waals surface area contributed by atoms with E-state index in [9.17, 15) is 9.59 Å². The molecule has 6 nitrogen and oxygen atoms in total. The van der Waals surface area contributed by atoms with E-state index in [1.54, 1.807) is 0 Å². The number of hydrogen-bond acceptors (Lipinski definition) is 3. The molecule has 1 aromatic rings. The summed E-state index contributed by atoms with van der Waals surface area (Å²) in [6.45, 7) is 2.34. The molecule has 26 heavy (non-hydrogen) atoms. The summed E-state index contributed by atoms with van der Waals surface area (Å²) < 4.78 is 5.43. The second-order valence-electron chi connectivity index (χ2n) is 7.55. The number of carboxylic acid groups (broad SMARTS) is 1. The lowest BCUT2D eigenvalue weighted by Gasteiger charge is -2.23. The van der Waals surface area contributed by atoms with Crippen molar-refractivity contribution in [3.05, 3.63) is 35.9 Å². The van der Waals surface area contributed by atoms with Crippen molar-refractivity contribution in [3.8, 4) is 0 Å². The van der Waals surface area contributed by atoms with E-state index < -0.39 is 5.97 Å². The van der Waals surface area contributed by atoms with Crippen molar-refractivity contribution in [1.82, 2.24) is 10.6 Å². The highest BCUT2D eigenvalue weighted by Gasteiger charge is 2.53. The fraction of sp³-hybridized carbons (Fsp3) is 0.600. The van der Waals surface area contributed by atoms with Gasteiger partial charge in [0.25, 0.3) is 0 Å². The number of benzene rings is 1. The van der Waals surface area contributed by atoms with E-state index in [0.29, 0.717) is 30.7 Å². The third-order valence-corrected chi connectivity index (χ3v) is 5.72. The number of ether oxygens (including phenoxy) is 1. The van der Waals surface area contributed by atoms with Gasteiger partial charge in [-0.2, -0.15) is 0 Å². The standard InChI is InChI=1S/C20H28N2O4/c23-18(24)7-6-17(12-15-4-2-1-3-5-15)22-19(25)21-14-16-13-20(16)8-10-26-11-9-20/h1-5,16-17H,6-14H2,(H,23,24)(H2,21,22,25). The first-order chi connectivity index (χ1) is 12.6. The van der Waals surface area contributed by atoms with Crippen molar-refractivity contribution in [2.45, 2.75) is 44.6 Å². The van der Waals surface area contributed by atoms with Crippen molar-refractivity contribution in [2.24, 2.45) is 11.3 Å². The number of urea groups is 1. The minimum atomic E-state index is -0.843. The van der Waals surface area contributed by atoms with Crippen molar-refractivity contribution >= 4 is 12.0 Å². The Hall–Kier alpha value is -2.08. The van der Waals surface area contributed by atoms with E-state index in [2.05, 4.69) is 10.6 Å². The normalized spacial score (nSPS) is 21.8. The molecule has 2 aliphatic rings. The predicted molar refractivity (Wildman–Crippen MR) is 97.9 cm³/mol. The highest BCUT2D eigenvalue weighted by molar-refractivity contribution is 5.74. The van der Waals surface area contributed by atoms with E-state index >= 15 is 0 Å². The molecular formula is C20H28N2O4. The minimum Gasteiger partial charge on any atom is -0.481 e. The van der Waals surface area contributed by atoms with Gasteiger partial charge in [0.1, 0.15) is 0 Å². The molecule has 2 amide bonds. The fourth-order valence-corrected chi connectivity index (χ4v) is 3.98. The third kappa shape index (κ3) is 5.21. The maximum absolute atomic E-state index is 12.3. The number of carboxylic acids is 1. The molecule has 1 saturated carbocycles. The highest BCUT2D eigenvalue weighted by Crippen LogP contribution is 2.58. The van der Waals surface area contributed by atoms with Crippen LogP contribution in [0.3, 0.4) is 0 Å². The zero-order chi connectivity index (χ0) is 18.4. The first-order valence-corrected chi connectivity index (χ1v) is 9.45. The van der Waals surface area contributed by atoms with Crippen LogP contribution < -0.4 is 10.6 Å². The summed E-state index contributed by atoms with van der Waals surface area (Å²) in [5.41, 5.74) is 1.48. The number of rotatable bonds is 8. The van der Waals surface area contributed by atoms with Gasteiger partial charge in [-0.3, -0.25) is 4.79 Å². The molecule has 1 aliphatic carbocycles. The average Bonchev–Trinajstić information content (AvgIpc) is 3.30. The monoisotopic (exact) mass is 360 g/mol. The van der Waals surface area contributed by atoms with Gasteiger partial charge < -0.3 is 20.5 Å². The van der Waals surface area contributed by atoms with Crippen LogP contribution in [0.25, 0.3) is 0 Å². The molecule has 2 unspecified atom stereocenters. The number of amides is 2. The Labute approximate surface area is 154 Å². The molecule has 1 aliphatic heterocycles. The maximum atomic E-state index is 12.3. The van der Waals surface area contributed by atoms with E-state index in [4.69, 9.17) is 9.84 Å². The smallest absolute Gasteiger partial charge is 0.315 e. The van der Waals surface area contributed by atoms with Crippen molar-refractivity contribution in [3.63, 3.8) is 0 Å². The molecule has 0 aromatic heterocycles. The Morgan fingerprint density at radius 3 is 2.65 bits per heavy atom. The van der Waals surface area contributed by atoms with E-state index in [1.165, 1.54) is 6.42 Å². The van der Waals surface area contributed by atoms with E-state index in [-0.39, 0.29) is 18.5 Å². The Morgan fingerprint density at radius 1 is 1.23 bits per heavy atom. The molecule has 2 atom stereocenters. The van der Waals surface area contributed by atoms with Gasteiger partial charge >= 0.3 is 12.0 Å². The van der Waals surface area contributed by atoms with E-state index in [1.807, 2.05) is 30.3 Å². The van der Waals surface area contributed by atoms with Gasteiger partial charge in [0.15, 0.2) is 0 Å². The first-order valence-electron chi connectivity index (χ1n) is 9.45. The second kappa shape index (κ2) is 8.54. The van der Waals surface area contributed by atoms with Gasteiger partial charge in [0, 0.05) is 32.2 Å². The van der Waals surface area contributed by atoms with Crippen LogP contribution in [-0.2, 0) is 16.0 Å². The minimum absolute atomic E-state index is 0.0452. The SMILES string of the molecule is O=C(O)CCC(Cc1ccccc1)NC(=O)NCC1CC12CCOCC2. The average molecular weight is 360 g/mol. The zero-order valence-electron chi connectivity index (χ0n) is 15.1. The summed E-state index contributed by atoms with van der Waals surface area (Å²) in [6.07, 6.45) is 4.45. The number of carbonyl (C=O) groups excluding carboxylic acids is 1. The van der Waals surface area contributed by atoms with Crippen LogP contribution in [0, 0.1) is 11.3 Å². The lowest BCUT2D eigenvalue weighted by Crippen LogP contribution is -2.44. The van der Waals surface area contributed by atoms with Crippen LogP contribution in [0.15, 0.2) is 30.3 Å². The maximum Gasteiger partial charge on any atom is 0.315 e. The molecule has 1 spiro atoms. The van der Waals surface area contributed by atoms with E-state index in [0.717, 1.165) is 31.6 Å². The van der Waals surface area contributed by atoms with Gasteiger partial charge in [-0.1, -0.05) is 30.3 Å². The van der Waals surface area contributed by atoms with Crippen LogP contribution in [0.4, 0.5) is 4.79 Å². The van der Waals surface area contributed by atoms with Crippen LogP contribution in [-0.4, -0.2) is 42.9 Å².